The average Bonchev–Trinajstić information content (AvgIpc) is 2.66. The van der Waals surface area contributed by atoms with Crippen LogP contribution in [-0.4, -0.2) is 30.4 Å². The highest BCUT2D eigenvalue weighted by molar-refractivity contribution is 5.97. The second-order valence-electron chi connectivity index (χ2n) is 7.83. The molecule has 0 aliphatic carbocycles. The molecule has 0 aliphatic rings. The second kappa shape index (κ2) is 9.37. The number of nitrogens with one attached hydrogen (secondary N) is 1. The summed E-state index contributed by atoms with van der Waals surface area (Å²) in [7, 11) is 0. The van der Waals surface area contributed by atoms with Crippen LogP contribution in [0.3, 0.4) is 0 Å². The fourth-order valence-electron chi connectivity index (χ4n) is 2.55. The Bertz CT molecular complexity index is 881. The number of hydrogen-bond donors (Lipinski definition) is 1. The lowest BCUT2D eigenvalue weighted by Gasteiger charge is -2.20. The first-order valence-electron chi connectivity index (χ1n) is 9.41. The monoisotopic (exact) mass is 397 g/mol. The van der Waals surface area contributed by atoms with Crippen LogP contribution in [-0.2, 0) is 19.7 Å². The lowest BCUT2D eigenvalue weighted by Crippen LogP contribution is -2.29. The summed E-state index contributed by atoms with van der Waals surface area (Å²) in [5.41, 5.74) is 2.13. The van der Waals surface area contributed by atoms with Gasteiger partial charge in [0.1, 0.15) is 5.75 Å². The van der Waals surface area contributed by atoms with Crippen molar-refractivity contribution in [3.63, 3.8) is 0 Å². The van der Waals surface area contributed by atoms with Crippen LogP contribution in [0.15, 0.2) is 48.5 Å². The molecule has 0 saturated heterocycles. The molecule has 2 aromatic carbocycles. The van der Waals surface area contributed by atoms with Crippen LogP contribution in [0.1, 0.15) is 50.5 Å². The molecular formula is C23H27NO5. The van der Waals surface area contributed by atoms with Crippen molar-refractivity contribution in [1.82, 2.24) is 0 Å². The number of anilines is 1. The number of carbonyl (C=O) groups is 3. The summed E-state index contributed by atoms with van der Waals surface area (Å²) in [6.07, 6.45) is -0.857. The van der Waals surface area contributed by atoms with Gasteiger partial charge in [-0.3, -0.25) is 9.59 Å². The Morgan fingerprint density at radius 3 is 2.28 bits per heavy atom. The number of Topliss-reactive ketones (excluding diaryl/α,β-unsaturated/α-hetero) is 1. The van der Waals surface area contributed by atoms with E-state index in [4.69, 9.17) is 9.47 Å². The Balaban J connectivity index is 1.84. The van der Waals surface area contributed by atoms with E-state index in [0.29, 0.717) is 17.0 Å². The summed E-state index contributed by atoms with van der Waals surface area (Å²) in [6.45, 7) is 8.91. The lowest BCUT2D eigenvalue weighted by molar-refractivity contribution is -0.153. The zero-order valence-electron chi connectivity index (χ0n) is 17.4. The van der Waals surface area contributed by atoms with E-state index in [1.807, 2.05) is 12.1 Å². The summed E-state index contributed by atoms with van der Waals surface area (Å²) < 4.78 is 10.6. The van der Waals surface area contributed by atoms with Crippen LogP contribution < -0.4 is 10.1 Å². The number of carbonyl (C=O) groups excluding carboxylic acids is 3. The number of amides is 1. The maximum absolute atomic E-state index is 12.1. The van der Waals surface area contributed by atoms with Gasteiger partial charge in [0.25, 0.3) is 5.91 Å². The normalized spacial score (nSPS) is 12.0. The Kier molecular flexibility index (Phi) is 7.15. The molecule has 0 spiro atoms. The van der Waals surface area contributed by atoms with Gasteiger partial charge in [0.15, 0.2) is 18.5 Å². The molecule has 29 heavy (non-hydrogen) atoms. The van der Waals surface area contributed by atoms with E-state index in [9.17, 15) is 14.4 Å². The van der Waals surface area contributed by atoms with Crippen LogP contribution in [0, 0.1) is 0 Å². The highest BCUT2D eigenvalue weighted by atomic mass is 16.6. The van der Waals surface area contributed by atoms with Crippen molar-refractivity contribution in [2.24, 2.45) is 0 Å². The van der Waals surface area contributed by atoms with Gasteiger partial charge in [0, 0.05) is 11.3 Å². The number of rotatable bonds is 7. The fraction of sp³-hybridized carbons (Fsp3) is 0.348. The van der Waals surface area contributed by atoms with E-state index >= 15 is 0 Å². The SMILES string of the molecule is CC(=O)c1cccc(NC(=O)COC(=O)[C@@H](C)Oc2ccc(C(C)(C)C)cc2)c1. The van der Waals surface area contributed by atoms with E-state index < -0.39 is 24.6 Å². The first-order valence-corrected chi connectivity index (χ1v) is 9.41. The Morgan fingerprint density at radius 1 is 1.03 bits per heavy atom. The van der Waals surface area contributed by atoms with Gasteiger partial charge in [-0.1, -0.05) is 45.0 Å². The highest BCUT2D eigenvalue weighted by Crippen LogP contribution is 2.24. The molecule has 0 fully saturated rings. The molecular weight excluding hydrogens is 370 g/mol. The maximum Gasteiger partial charge on any atom is 0.347 e. The van der Waals surface area contributed by atoms with Gasteiger partial charge in [-0.2, -0.15) is 0 Å². The molecule has 1 atom stereocenters. The van der Waals surface area contributed by atoms with Gasteiger partial charge >= 0.3 is 5.97 Å². The standard InChI is InChI=1S/C23H27NO5/c1-15(25)17-7-6-8-19(13-17)24-21(26)14-28-22(27)16(2)29-20-11-9-18(10-12-20)23(3,4)5/h6-13,16H,14H2,1-5H3,(H,24,26)/t16-/m1/s1. The van der Waals surface area contributed by atoms with E-state index in [-0.39, 0.29) is 11.2 Å². The Hall–Kier alpha value is -3.15. The van der Waals surface area contributed by atoms with E-state index in [1.165, 1.54) is 6.92 Å². The van der Waals surface area contributed by atoms with Crippen molar-refractivity contribution in [3.8, 4) is 5.75 Å². The first-order chi connectivity index (χ1) is 13.6. The molecule has 6 nitrogen and oxygen atoms in total. The van der Waals surface area contributed by atoms with Crippen LogP contribution >= 0.6 is 0 Å². The molecule has 6 heteroatoms. The number of hydrogen-bond acceptors (Lipinski definition) is 5. The summed E-state index contributed by atoms with van der Waals surface area (Å²) in [5.74, 6) is -0.694. The summed E-state index contributed by atoms with van der Waals surface area (Å²) in [4.78, 5) is 35.5. The van der Waals surface area contributed by atoms with E-state index in [2.05, 4.69) is 26.1 Å². The molecule has 2 rings (SSSR count). The summed E-state index contributed by atoms with van der Waals surface area (Å²) >= 11 is 0. The zero-order valence-corrected chi connectivity index (χ0v) is 17.4. The predicted molar refractivity (Wildman–Crippen MR) is 111 cm³/mol. The smallest absolute Gasteiger partial charge is 0.347 e. The third-order valence-electron chi connectivity index (χ3n) is 4.26. The van der Waals surface area contributed by atoms with E-state index in [1.54, 1.807) is 43.3 Å². The Labute approximate surface area is 171 Å². The predicted octanol–water partition coefficient (Wildman–Crippen LogP) is 4.14. The maximum atomic E-state index is 12.1. The molecule has 0 aromatic heterocycles. The number of ether oxygens (including phenoxy) is 2. The second-order valence-corrected chi connectivity index (χ2v) is 7.83. The molecule has 0 aliphatic heterocycles. The number of ketones is 1. The molecule has 0 bridgehead atoms. The molecule has 0 saturated carbocycles. The largest absolute Gasteiger partial charge is 0.479 e. The van der Waals surface area contributed by atoms with Crippen molar-refractivity contribution in [1.29, 1.82) is 0 Å². The van der Waals surface area contributed by atoms with Crippen molar-refractivity contribution in [2.75, 3.05) is 11.9 Å². The van der Waals surface area contributed by atoms with Crippen LogP contribution in [0.5, 0.6) is 5.75 Å². The zero-order chi connectivity index (χ0) is 21.6. The molecule has 154 valence electrons. The molecule has 0 radical (unpaired) electrons. The molecule has 2 aromatic rings. The van der Waals surface area contributed by atoms with Crippen LogP contribution in [0.25, 0.3) is 0 Å². The van der Waals surface area contributed by atoms with Crippen molar-refractivity contribution < 1.29 is 23.9 Å². The number of benzene rings is 2. The highest BCUT2D eigenvalue weighted by Gasteiger charge is 2.19. The van der Waals surface area contributed by atoms with Crippen LogP contribution in [0.4, 0.5) is 5.69 Å². The van der Waals surface area contributed by atoms with Gasteiger partial charge in [-0.05, 0) is 49.1 Å². The van der Waals surface area contributed by atoms with Crippen LogP contribution in [0.2, 0.25) is 0 Å². The lowest BCUT2D eigenvalue weighted by atomic mass is 9.87. The number of esters is 1. The topological polar surface area (TPSA) is 81.7 Å². The molecule has 1 amide bonds. The summed E-state index contributed by atoms with van der Waals surface area (Å²) in [6, 6.07) is 14.1. The average molecular weight is 397 g/mol. The minimum atomic E-state index is -0.857. The Morgan fingerprint density at radius 2 is 1.69 bits per heavy atom. The van der Waals surface area contributed by atoms with Crippen molar-refractivity contribution in [3.05, 3.63) is 59.7 Å². The van der Waals surface area contributed by atoms with Gasteiger partial charge < -0.3 is 14.8 Å². The quantitative estimate of drug-likeness (QED) is 0.561. The van der Waals surface area contributed by atoms with Crippen molar-refractivity contribution >= 4 is 23.3 Å². The molecule has 0 unspecified atom stereocenters. The van der Waals surface area contributed by atoms with Gasteiger partial charge in [0.05, 0.1) is 0 Å². The van der Waals surface area contributed by atoms with Gasteiger partial charge in [-0.25, -0.2) is 4.79 Å². The minimum absolute atomic E-state index is 0.0281. The molecule has 0 heterocycles. The van der Waals surface area contributed by atoms with Gasteiger partial charge in [-0.15, -0.1) is 0 Å². The molecule has 1 N–H and O–H groups in total. The minimum Gasteiger partial charge on any atom is -0.479 e. The fourth-order valence-corrected chi connectivity index (χ4v) is 2.55. The first kappa shape index (κ1) is 22.1. The third kappa shape index (κ3) is 6.75. The van der Waals surface area contributed by atoms with E-state index in [0.717, 1.165) is 5.56 Å². The van der Waals surface area contributed by atoms with Gasteiger partial charge in [0.2, 0.25) is 0 Å². The van der Waals surface area contributed by atoms with Crippen molar-refractivity contribution in [2.45, 2.75) is 46.1 Å². The summed E-state index contributed by atoms with van der Waals surface area (Å²) in [5, 5.41) is 2.59. The third-order valence-corrected chi connectivity index (χ3v) is 4.26.